The summed E-state index contributed by atoms with van der Waals surface area (Å²) < 4.78 is 5.23. The minimum Gasteiger partial charge on any atom is -0.502 e. The summed E-state index contributed by atoms with van der Waals surface area (Å²) in [4.78, 5) is 26.2. The lowest BCUT2D eigenvalue weighted by atomic mass is 10.1. The van der Waals surface area contributed by atoms with Gasteiger partial charge in [0, 0.05) is 24.9 Å². The van der Waals surface area contributed by atoms with Crippen LogP contribution in [0.25, 0.3) is 0 Å². The van der Waals surface area contributed by atoms with E-state index in [2.05, 4.69) is 4.98 Å². The van der Waals surface area contributed by atoms with E-state index in [4.69, 9.17) is 14.6 Å². The molecule has 20 heavy (non-hydrogen) atoms. The first-order valence-electron chi connectivity index (χ1n) is 5.71. The molecule has 2 heterocycles. The molecule has 6 heteroatoms. The summed E-state index contributed by atoms with van der Waals surface area (Å²) in [6, 6.07) is 4.99. The van der Waals surface area contributed by atoms with Gasteiger partial charge in [0.25, 0.3) is 0 Å². The molecular weight excluding hydrogens is 262 g/mol. The van der Waals surface area contributed by atoms with Crippen LogP contribution in [0.15, 0.2) is 53.1 Å². The van der Waals surface area contributed by atoms with E-state index in [9.17, 15) is 9.59 Å². The molecule has 0 spiro atoms. The zero-order valence-corrected chi connectivity index (χ0v) is 10.3. The van der Waals surface area contributed by atoms with E-state index in [0.29, 0.717) is 18.3 Å². The maximum absolute atomic E-state index is 11.9. The Balaban J connectivity index is 2.23. The molecule has 102 valence electrons. The maximum Gasteiger partial charge on any atom is 0.371 e. The minimum absolute atomic E-state index is 0.217. The summed E-state index contributed by atoms with van der Waals surface area (Å²) in [5.41, 5.74) is 1.12. The van der Waals surface area contributed by atoms with Crippen LogP contribution < -0.4 is 0 Å². The Hall–Kier alpha value is -2.89. The van der Waals surface area contributed by atoms with Gasteiger partial charge in [-0.3, -0.25) is 9.78 Å². The number of carbonyl (C=O) groups excluding carboxylic acids is 1. The van der Waals surface area contributed by atoms with Crippen molar-refractivity contribution in [2.75, 3.05) is 0 Å². The van der Waals surface area contributed by atoms with Crippen molar-refractivity contribution >= 4 is 11.8 Å². The largest absolute Gasteiger partial charge is 0.502 e. The summed E-state index contributed by atoms with van der Waals surface area (Å²) in [5.74, 6) is -2.79. The fourth-order valence-corrected chi connectivity index (χ4v) is 1.65. The third-order valence-corrected chi connectivity index (χ3v) is 2.61. The highest BCUT2D eigenvalue weighted by molar-refractivity contribution is 6.08. The van der Waals surface area contributed by atoms with E-state index in [1.165, 1.54) is 12.3 Å². The van der Waals surface area contributed by atoms with Gasteiger partial charge in [-0.05, 0) is 23.8 Å². The zero-order valence-electron chi connectivity index (χ0n) is 10.3. The van der Waals surface area contributed by atoms with Crippen molar-refractivity contribution in [3.63, 3.8) is 0 Å². The number of nitrogens with zero attached hydrogens (tertiary/aromatic N) is 1. The molecule has 2 rings (SSSR count). The number of aromatic nitrogens is 1. The van der Waals surface area contributed by atoms with Crippen LogP contribution >= 0.6 is 0 Å². The van der Waals surface area contributed by atoms with Crippen molar-refractivity contribution in [2.45, 2.75) is 6.42 Å². The number of furan rings is 1. The van der Waals surface area contributed by atoms with Crippen molar-refractivity contribution in [2.24, 2.45) is 0 Å². The van der Waals surface area contributed by atoms with Gasteiger partial charge in [-0.25, -0.2) is 4.79 Å². The lowest BCUT2D eigenvalue weighted by molar-refractivity contribution is -0.135. The van der Waals surface area contributed by atoms with Gasteiger partial charge in [0.2, 0.25) is 5.76 Å². The second-order valence-electron chi connectivity index (χ2n) is 3.99. The van der Waals surface area contributed by atoms with Crippen molar-refractivity contribution in [1.82, 2.24) is 4.98 Å². The molecule has 0 aromatic carbocycles. The third-order valence-electron chi connectivity index (χ3n) is 2.61. The molecule has 0 saturated heterocycles. The van der Waals surface area contributed by atoms with E-state index in [1.54, 1.807) is 24.5 Å². The lowest BCUT2D eigenvalue weighted by Crippen LogP contribution is -2.05. The molecular formula is C14H11NO5. The Kier molecular flexibility index (Phi) is 3.95. The van der Waals surface area contributed by atoms with Gasteiger partial charge in [0.1, 0.15) is 5.76 Å². The second-order valence-corrected chi connectivity index (χ2v) is 3.99. The summed E-state index contributed by atoms with van der Waals surface area (Å²) in [5, 5.41) is 17.6. The average Bonchev–Trinajstić information content (AvgIpc) is 2.88. The number of carboxylic acid groups (broad SMARTS) is 1. The number of ketones is 1. The highest BCUT2D eigenvalue weighted by Crippen LogP contribution is 2.17. The molecule has 0 saturated carbocycles. The predicted octanol–water partition coefficient (Wildman–Crippen LogP) is 1.97. The molecule has 0 aliphatic heterocycles. The van der Waals surface area contributed by atoms with Crippen LogP contribution in [0, 0.1) is 0 Å². The number of carbonyl (C=O) groups is 2. The number of aliphatic carboxylic acids is 1. The Morgan fingerprint density at radius 2 is 1.90 bits per heavy atom. The van der Waals surface area contributed by atoms with E-state index in [0.717, 1.165) is 5.56 Å². The minimum atomic E-state index is -1.56. The molecule has 6 nitrogen and oxygen atoms in total. The number of rotatable bonds is 5. The summed E-state index contributed by atoms with van der Waals surface area (Å²) in [7, 11) is 0. The zero-order chi connectivity index (χ0) is 14.5. The molecule has 0 unspecified atom stereocenters. The highest BCUT2D eigenvalue weighted by Gasteiger charge is 2.16. The topological polar surface area (TPSA) is 101 Å². The van der Waals surface area contributed by atoms with Crippen LogP contribution in [0.4, 0.5) is 0 Å². The van der Waals surface area contributed by atoms with Gasteiger partial charge in [-0.1, -0.05) is 0 Å². The van der Waals surface area contributed by atoms with Crippen molar-refractivity contribution < 1.29 is 24.2 Å². The SMILES string of the molecule is O=C(O)/C(O)=C/C(=O)c1ccoc1Cc1ccncc1. The molecule has 0 fully saturated rings. The molecule has 2 N–H and O–H groups in total. The van der Waals surface area contributed by atoms with E-state index >= 15 is 0 Å². The quantitative estimate of drug-likeness (QED) is 0.490. The van der Waals surface area contributed by atoms with E-state index in [-0.39, 0.29) is 5.56 Å². The molecule has 0 aliphatic carbocycles. The number of pyridine rings is 1. The normalized spacial score (nSPS) is 11.3. The van der Waals surface area contributed by atoms with E-state index < -0.39 is 17.5 Å². The molecule has 0 bridgehead atoms. The van der Waals surface area contributed by atoms with Gasteiger partial charge < -0.3 is 14.6 Å². The Labute approximate surface area is 114 Å². The van der Waals surface area contributed by atoms with Crippen LogP contribution in [-0.4, -0.2) is 26.9 Å². The number of hydrogen-bond donors (Lipinski definition) is 2. The number of hydrogen-bond acceptors (Lipinski definition) is 5. The number of aliphatic hydroxyl groups is 1. The smallest absolute Gasteiger partial charge is 0.371 e. The first-order chi connectivity index (χ1) is 9.58. The van der Waals surface area contributed by atoms with Crippen molar-refractivity contribution in [1.29, 1.82) is 0 Å². The fourth-order valence-electron chi connectivity index (χ4n) is 1.65. The third kappa shape index (κ3) is 3.11. The standard InChI is InChI=1S/C14H11NO5/c16-11(8-12(17)14(18)19)10-3-6-20-13(10)7-9-1-4-15-5-2-9/h1-6,8,17H,7H2,(H,18,19)/b12-8-. The first kappa shape index (κ1) is 13.5. The number of aliphatic hydroxyl groups excluding tert-OH is 1. The predicted molar refractivity (Wildman–Crippen MR) is 68.4 cm³/mol. The van der Waals surface area contributed by atoms with Crippen LogP contribution in [0.3, 0.4) is 0 Å². The van der Waals surface area contributed by atoms with Gasteiger partial charge in [0.15, 0.2) is 5.78 Å². The Morgan fingerprint density at radius 1 is 1.20 bits per heavy atom. The van der Waals surface area contributed by atoms with Gasteiger partial charge in [-0.2, -0.15) is 0 Å². The van der Waals surface area contributed by atoms with Crippen LogP contribution in [0.1, 0.15) is 21.7 Å². The molecule has 2 aromatic heterocycles. The monoisotopic (exact) mass is 273 g/mol. The fraction of sp³-hybridized carbons (Fsp3) is 0.0714. The van der Waals surface area contributed by atoms with Crippen LogP contribution in [0.2, 0.25) is 0 Å². The van der Waals surface area contributed by atoms with Crippen LogP contribution in [0.5, 0.6) is 0 Å². The molecule has 0 aliphatic rings. The van der Waals surface area contributed by atoms with Gasteiger partial charge >= 0.3 is 5.97 Å². The van der Waals surface area contributed by atoms with Crippen LogP contribution in [-0.2, 0) is 11.2 Å². The summed E-state index contributed by atoms with van der Waals surface area (Å²) >= 11 is 0. The molecule has 2 aromatic rings. The lowest BCUT2D eigenvalue weighted by Gasteiger charge is -2.00. The number of carboxylic acids is 1. The molecule has 0 radical (unpaired) electrons. The summed E-state index contributed by atoms with van der Waals surface area (Å²) in [6.45, 7) is 0. The van der Waals surface area contributed by atoms with Crippen molar-refractivity contribution in [3.8, 4) is 0 Å². The number of allylic oxidation sites excluding steroid dienone is 1. The van der Waals surface area contributed by atoms with Gasteiger partial charge in [0.05, 0.1) is 11.8 Å². The second kappa shape index (κ2) is 5.83. The van der Waals surface area contributed by atoms with E-state index in [1.807, 2.05) is 0 Å². The molecule has 0 atom stereocenters. The average molecular weight is 273 g/mol. The maximum atomic E-state index is 11.9. The Morgan fingerprint density at radius 3 is 2.55 bits per heavy atom. The highest BCUT2D eigenvalue weighted by atomic mass is 16.4. The first-order valence-corrected chi connectivity index (χ1v) is 5.71. The van der Waals surface area contributed by atoms with Gasteiger partial charge in [-0.15, -0.1) is 0 Å². The summed E-state index contributed by atoms with van der Waals surface area (Å²) in [6.07, 6.45) is 5.61. The molecule has 0 amide bonds. The van der Waals surface area contributed by atoms with Crippen molar-refractivity contribution in [3.05, 3.63) is 65.6 Å². The Bertz CT molecular complexity index is 657.